The zero-order chi connectivity index (χ0) is 21.6. The average molecular weight is 433 g/mol. The Bertz CT molecular complexity index is 1060. The lowest BCUT2D eigenvalue weighted by molar-refractivity contribution is -0.140. The van der Waals surface area contributed by atoms with Crippen molar-refractivity contribution in [3.63, 3.8) is 0 Å². The van der Waals surface area contributed by atoms with Gasteiger partial charge in [-0.15, -0.1) is 0 Å². The van der Waals surface area contributed by atoms with Crippen molar-refractivity contribution >= 4 is 22.5 Å². The molecule has 0 saturated heterocycles. The predicted octanol–water partition coefficient (Wildman–Crippen LogP) is 3.97. The van der Waals surface area contributed by atoms with Gasteiger partial charge in [0.25, 0.3) is 0 Å². The van der Waals surface area contributed by atoms with E-state index in [1.807, 2.05) is 37.3 Å². The number of nitrogens with one attached hydrogen (secondary N) is 2. The number of benzene rings is 1. The Labute approximate surface area is 175 Å². The van der Waals surface area contributed by atoms with Crippen molar-refractivity contribution in [1.82, 2.24) is 19.9 Å². The maximum absolute atomic E-state index is 12.4. The van der Waals surface area contributed by atoms with Crippen molar-refractivity contribution in [3.05, 3.63) is 64.7 Å². The molecule has 0 saturated carbocycles. The third-order valence-corrected chi connectivity index (χ3v) is 4.81. The second kappa shape index (κ2) is 9.45. The molecule has 3 aromatic rings. The number of nitrogens with zero attached hydrogens (tertiary/aromatic N) is 3. The molecule has 156 valence electrons. The minimum absolute atomic E-state index is 0.222. The lowest BCUT2D eigenvalue weighted by Gasteiger charge is -2.06. The topological polar surface area (TPSA) is 71.8 Å². The number of carbonyl (C=O) groups excluding carboxylic acids is 1. The first-order chi connectivity index (χ1) is 14.3. The summed E-state index contributed by atoms with van der Waals surface area (Å²) in [5.41, 5.74) is 2.06. The summed E-state index contributed by atoms with van der Waals surface area (Å²) in [4.78, 5) is 21.0. The molecule has 2 heterocycles. The fourth-order valence-corrected chi connectivity index (χ4v) is 3.31. The van der Waals surface area contributed by atoms with Crippen LogP contribution in [-0.2, 0) is 13.0 Å². The molecular formula is C20H18F3N5OS. The number of alkyl halides is 3. The number of aromatic nitrogens is 3. The van der Waals surface area contributed by atoms with Crippen molar-refractivity contribution in [1.29, 1.82) is 0 Å². The molecule has 10 heteroatoms. The molecule has 2 amide bonds. The van der Waals surface area contributed by atoms with Crippen LogP contribution in [0.4, 0.5) is 23.1 Å². The molecule has 0 bridgehead atoms. The van der Waals surface area contributed by atoms with E-state index in [9.17, 15) is 18.0 Å². The van der Waals surface area contributed by atoms with Gasteiger partial charge in [0, 0.05) is 24.7 Å². The Morgan fingerprint density at radius 3 is 2.73 bits per heavy atom. The number of hydrogen-bond donors (Lipinski definition) is 2. The second-order valence-corrected chi connectivity index (χ2v) is 7.33. The van der Waals surface area contributed by atoms with E-state index in [4.69, 9.17) is 0 Å². The highest BCUT2D eigenvalue weighted by atomic mass is 32.1. The Balaban J connectivity index is 1.48. The third kappa shape index (κ3) is 6.63. The molecule has 0 fully saturated rings. The number of thiazole rings is 1. The number of imidazole rings is 1. The number of rotatable bonds is 5. The Hall–Kier alpha value is -3.32. The van der Waals surface area contributed by atoms with E-state index < -0.39 is 18.8 Å². The molecule has 0 aliphatic heterocycles. The Morgan fingerprint density at radius 1 is 1.23 bits per heavy atom. The summed E-state index contributed by atoms with van der Waals surface area (Å²) >= 11 is 1.27. The number of anilines is 1. The van der Waals surface area contributed by atoms with E-state index in [-0.39, 0.29) is 6.54 Å². The van der Waals surface area contributed by atoms with E-state index in [0.717, 1.165) is 21.3 Å². The van der Waals surface area contributed by atoms with Crippen LogP contribution >= 0.6 is 11.3 Å². The van der Waals surface area contributed by atoms with Crippen LogP contribution in [0.15, 0.2) is 42.9 Å². The monoisotopic (exact) mass is 433 g/mol. The molecule has 0 radical (unpaired) electrons. The molecular weight excluding hydrogens is 415 g/mol. The summed E-state index contributed by atoms with van der Waals surface area (Å²) in [6, 6.07) is 9.08. The lowest BCUT2D eigenvalue weighted by Crippen LogP contribution is -2.30. The van der Waals surface area contributed by atoms with Crippen molar-refractivity contribution < 1.29 is 18.0 Å². The molecule has 0 aliphatic carbocycles. The normalized spacial score (nSPS) is 10.9. The van der Waals surface area contributed by atoms with Gasteiger partial charge in [-0.1, -0.05) is 35.5 Å². The van der Waals surface area contributed by atoms with Gasteiger partial charge in [-0.05, 0) is 25.0 Å². The van der Waals surface area contributed by atoms with Gasteiger partial charge in [-0.25, -0.2) is 14.8 Å². The quantitative estimate of drug-likeness (QED) is 0.598. The fourth-order valence-electron chi connectivity index (χ4n) is 2.49. The molecule has 2 N–H and O–H groups in total. The summed E-state index contributed by atoms with van der Waals surface area (Å²) < 4.78 is 38.0. The van der Waals surface area contributed by atoms with Crippen LogP contribution < -0.4 is 10.6 Å². The summed E-state index contributed by atoms with van der Waals surface area (Å²) in [6.45, 7) is 0.943. The van der Waals surface area contributed by atoms with Gasteiger partial charge in [-0.2, -0.15) is 13.2 Å². The first-order valence-corrected chi connectivity index (χ1v) is 9.77. The van der Waals surface area contributed by atoms with Crippen molar-refractivity contribution in [2.24, 2.45) is 0 Å². The molecule has 1 aromatic carbocycles. The van der Waals surface area contributed by atoms with Gasteiger partial charge in [0.1, 0.15) is 11.4 Å². The summed E-state index contributed by atoms with van der Waals surface area (Å²) in [5, 5.41) is 5.69. The SMILES string of the molecule is Cc1nc(NC(=O)NCCc2cn(CC(F)(F)F)cn2)sc1C#Cc1ccccc1. The van der Waals surface area contributed by atoms with Crippen LogP contribution in [-0.4, -0.2) is 33.3 Å². The maximum atomic E-state index is 12.4. The van der Waals surface area contributed by atoms with Crippen LogP contribution in [0.2, 0.25) is 0 Å². The summed E-state index contributed by atoms with van der Waals surface area (Å²) in [7, 11) is 0. The number of hydrogen-bond acceptors (Lipinski definition) is 4. The highest BCUT2D eigenvalue weighted by Crippen LogP contribution is 2.21. The van der Waals surface area contributed by atoms with E-state index in [1.165, 1.54) is 17.5 Å². The standard InChI is InChI=1S/C20H18F3N5OS/c1-14-17(8-7-15-5-3-2-4-6-15)30-19(26-14)27-18(29)24-10-9-16-11-28(13-25-16)12-20(21,22)23/h2-6,11,13H,9-10,12H2,1H3,(H2,24,26,27,29). The maximum Gasteiger partial charge on any atom is 0.406 e. The molecule has 6 nitrogen and oxygen atoms in total. The highest BCUT2D eigenvalue weighted by molar-refractivity contribution is 7.16. The van der Waals surface area contributed by atoms with E-state index in [1.54, 1.807) is 0 Å². The number of halogens is 3. The van der Waals surface area contributed by atoms with Gasteiger partial charge in [0.2, 0.25) is 0 Å². The summed E-state index contributed by atoms with van der Waals surface area (Å²) in [6.07, 6.45) is -1.55. The van der Waals surface area contributed by atoms with Gasteiger partial charge in [0.15, 0.2) is 5.13 Å². The third-order valence-electron chi connectivity index (χ3n) is 3.83. The van der Waals surface area contributed by atoms with Gasteiger partial charge in [-0.3, -0.25) is 5.32 Å². The van der Waals surface area contributed by atoms with Gasteiger partial charge in [0.05, 0.1) is 17.7 Å². The average Bonchev–Trinajstić information content (AvgIpc) is 3.25. The molecule has 0 unspecified atom stereocenters. The molecule has 0 atom stereocenters. The van der Waals surface area contributed by atoms with Crippen molar-refractivity contribution in [2.75, 3.05) is 11.9 Å². The van der Waals surface area contributed by atoms with Crippen molar-refractivity contribution in [3.8, 4) is 11.8 Å². The largest absolute Gasteiger partial charge is 0.406 e. The van der Waals surface area contributed by atoms with E-state index in [2.05, 4.69) is 32.4 Å². The zero-order valence-corrected chi connectivity index (χ0v) is 16.8. The molecule has 30 heavy (non-hydrogen) atoms. The van der Waals surface area contributed by atoms with Crippen LogP contribution in [0.5, 0.6) is 0 Å². The lowest BCUT2D eigenvalue weighted by atomic mass is 10.2. The molecule has 0 spiro atoms. The minimum Gasteiger partial charge on any atom is -0.337 e. The minimum atomic E-state index is -4.30. The molecule has 3 rings (SSSR count). The summed E-state index contributed by atoms with van der Waals surface area (Å²) in [5.74, 6) is 6.10. The number of amides is 2. The Kier molecular flexibility index (Phi) is 6.74. The second-order valence-electron chi connectivity index (χ2n) is 6.33. The van der Waals surface area contributed by atoms with Crippen LogP contribution in [0.3, 0.4) is 0 Å². The Morgan fingerprint density at radius 2 is 2.00 bits per heavy atom. The van der Waals surface area contributed by atoms with Gasteiger partial charge >= 0.3 is 12.2 Å². The zero-order valence-electron chi connectivity index (χ0n) is 16.0. The van der Waals surface area contributed by atoms with Crippen LogP contribution in [0.25, 0.3) is 0 Å². The van der Waals surface area contributed by atoms with Crippen LogP contribution in [0, 0.1) is 18.8 Å². The first-order valence-electron chi connectivity index (χ1n) is 8.95. The van der Waals surface area contributed by atoms with Crippen LogP contribution in [0.1, 0.15) is 21.8 Å². The number of carbonyl (C=O) groups is 1. The van der Waals surface area contributed by atoms with Gasteiger partial charge < -0.3 is 9.88 Å². The highest BCUT2D eigenvalue weighted by Gasteiger charge is 2.27. The number of aryl methyl sites for hydroxylation is 1. The van der Waals surface area contributed by atoms with E-state index in [0.29, 0.717) is 22.9 Å². The smallest absolute Gasteiger partial charge is 0.337 e. The van der Waals surface area contributed by atoms with Crippen molar-refractivity contribution in [2.45, 2.75) is 26.1 Å². The number of urea groups is 1. The van der Waals surface area contributed by atoms with E-state index >= 15 is 0 Å². The molecule has 2 aromatic heterocycles. The fraction of sp³-hybridized carbons (Fsp3) is 0.250. The predicted molar refractivity (Wildman–Crippen MR) is 108 cm³/mol. The molecule has 0 aliphatic rings. The first kappa shape index (κ1) is 21.4.